The van der Waals surface area contributed by atoms with Crippen molar-refractivity contribution in [3.8, 4) is 17.2 Å². The number of benzene rings is 1. The Morgan fingerprint density at radius 3 is 2.70 bits per heavy atom. The van der Waals surface area contributed by atoms with Crippen LogP contribution in [0.15, 0.2) is 22.7 Å². The smallest absolute Gasteiger partial charge is 0.266 e. The molecule has 1 aliphatic rings. The summed E-state index contributed by atoms with van der Waals surface area (Å²) in [5.41, 5.74) is 2.07. The van der Waals surface area contributed by atoms with Crippen molar-refractivity contribution in [1.29, 1.82) is 0 Å². The Hall–Kier alpha value is -2.04. The minimum absolute atomic E-state index is 0.415. The van der Waals surface area contributed by atoms with Crippen LogP contribution < -0.4 is 9.64 Å². The zero-order chi connectivity index (χ0) is 14.1. The lowest BCUT2D eigenvalue weighted by molar-refractivity contribution is 0.406. The highest BCUT2D eigenvalue weighted by Crippen LogP contribution is 2.31. The van der Waals surface area contributed by atoms with Crippen LogP contribution in [0.2, 0.25) is 0 Å². The Balaban J connectivity index is 1.91. The van der Waals surface area contributed by atoms with Gasteiger partial charge >= 0.3 is 0 Å². The van der Waals surface area contributed by atoms with E-state index in [0.717, 1.165) is 24.4 Å². The molecule has 0 bridgehead atoms. The second-order valence-corrected chi connectivity index (χ2v) is 5.35. The maximum atomic E-state index is 5.46. The van der Waals surface area contributed by atoms with Crippen LogP contribution in [0.1, 0.15) is 31.7 Å². The van der Waals surface area contributed by atoms with Crippen LogP contribution in [0, 0.1) is 0 Å². The van der Waals surface area contributed by atoms with Crippen molar-refractivity contribution < 1.29 is 9.26 Å². The summed E-state index contributed by atoms with van der Waals surface area (Å²) >= 11 is 0. The van der Waals surface area contributed by atoms with Gasteiger partial charge in [0.05, 0.1) is 7.11 Å². The summed E-state index contributed by atoms with van der Waals surface area (Å²) in [5, 5.41) is 4.03. The highest BCUT2D eigenvalue weighted by molar-refractivity contribution is 5.59. The van der Waals surface area contributed by atoms with Crippen molar-refractivity contribution in [1.82, 2.24) is 10.1 Å². The SMILES string of the molecule is COc1cc(-c2nc(N3CCC3)no2)ccc1C(C)C. The molecule has 1 aromatic heterocycles. The van der Waals surface area contributed by atoms with E-state index in [1.165, 1.54) is 12.0 Å². The first-order valence-electron chi connectivity index (χ1n) is 6.96. The molecule has 0 radical (unpaired) electrons. The predicted octanol–water partition coefficient (Wildman–Crippen LogP) is 3.08. The van der Waals surface area contributed by atoms with Crippen molar-refractivity contribution >= 4 is 5.95 Å². The molecule has 1 saturated heterocycles. The molecule has 5 heteroatoms. The molecule has 0 atom stereocenters. The van der Waals surface area contributed by atoms with E-state index in [1.54, 1.807) is 7.11 Å². The number of ether oxygens (including phenoxy) is 1. The second-order valence-electron chi connectivity index (χ2n) is 5.35. The van der Waals surface area contributed by atoms with Gasteiger partial charge in [0.15, 0.2) is 0 Å². The fourth-order valence-electron chi connectivity index (χ4n) is 2.30. The molecule has 2 heterocycles. The first-order chi connectivity index (χ1) is 9.69. The van der Waals surface area contributed by atoms with Gasteiger partial charge in [-0.05, 0) is 35.2 Å². The highest BCUT2D eigenvalue weighted by Gasteiger charge is 2.21. The first kappa shape index (κ1) is 13.0. The van der Waals surface area contributed by atoms with Crippen molar-refractivity contribution in [3.05, 3.63) is 23.8 Å². The number of hydrogen-bond donors (Lipinski definition) is 0. The number of anilines is 1. The quantitative estimate of drug-likeness (QED) is 0.856. The minimum Gasteiger partial charge on any atom is -0.496 e. The Bertz CT molecular complexity index is 603. The summed E-state index contributed by atoms with van der Waals surface area (Å²) in [4.78, 5) is 6.55. The lowest BCUT2D eigenvalue weighted by Gasteiger charge is -2.28. The molecule has 2 aromatic rings. The minimum atomic E-state index is 0.415. The van der Waals surface area contributed by atoms with Gasteiger partial charge in [-0.3, -0.25) is 0 Å². The zero-order valence-electron chi connectivity index (χ0n) is 12.1. The van der Waals surface area contributed by atoms with Crippen molar-refractivity contribution in [2.75, 3.05) is 25.1 Å². The van der Waals surface area contributed by atoms with E-state index in [1.807, 2.05) is 12.1 Å². The summed E-state index contributed by atoms with van der Waals surface area (Å²) in [6, 6.07) is 6.03. The summed E-state index contributed by atoms with van der Waals surface area (Å²) in [6.45, 7) is 6.31. The Labute approximate surface area is 118 Å². The van der Waals surface area contributed by atoms with Crippen LogP contribution in [0.3, 0.4) is 0 Å². The van der Waals surface area contributed by atoms with E-state index >= 15 is 0 Å². The number of hydrogen-bond acceptors (Lipinski definition) is 5. The average Bonchev–Trinajstić information content (AvgIpc) is 2.85. The van der Waals surface area contributed by atoms with Crippen LogP contribution in [0.25, 0.3) is 11.5 Å². The average molecular weight is 273 g/mol. The van der Waals surface area contributed by atoms with Crippen molar-refractivity contribution in [2.45, 2.75) is 26.2 Å². The van der Waals surface area contributed by atoms with E-state index in [9.17, 15) is 0 Å². The largest absolute Gasteiger partial charge is 0.496 e. The van der Waals surface area contributed by atoms with Gasteiger partial charge in [-0.25, -0.2) is 0 Å². The summed E-state index contributed by atoms with van der Waals surface area (Å²) < 4.78 is 10.8. The standard InChI is InChI=1S/C15H19N3O2/c1-10(2)12-6-5-11(9-13(12)19-3)14-16-15(17-20-14)18-7-4-8-18/h5-6,9-10H,4,7-8H2,1-3H3. The molecule has 3 rings (SSSR count). The molecular formula is C15H19N3O2. The number of nitrogens with zero attached hydrogens (tertiary/aromatic N) is 3. The lowest BCUT2D eigenvalue weighted by atomic mass is 10.0. The van der Waals surface area contributed by atoms with E-state index in [2.05, 4.69) is 35.0 Å². The number of aromatic nitrogens is 2. The third-order valence-electron chi connectivity index (χ3n) is 3.66. The van der Waals surface area contributed by atoms with Crippen molar-refractivity contribution in [3.63, 3.8) is 0 Å². The number of methoxy groups -OCH3 is 1. The topological polar surface area (TPSA) is 51.4 Å². The second kappa shape index (κ2) is 5.15. The monoisotopic (exact) mass is 273 g/mol. The molecule has 0 aliphatic carbocycles. The van der Waals surface area contributed by atoms with E-state index in [0.29, 0.717) is 17.8 Å². The van der Waals surface area contributed by atoms with Crippen molar-refractivity contribution in [2.24, 2.45) is 0 Å². The summed E-state index contributed by atoms with van der Waals surface area (Å²) in [6.07, 6.45) is 1.20. The molecule has 0 N–H and O–H groups in total. The normalized spacial score (nSPS) is 14.5. The van der Waals surface area contributed by atoms with Crippen LogP contribution in [-0.4, -0.2) is 30.3 Å². The molecule has 0 unspecified atom stereocenters. The van der Waals surface area contributed by atoms with Crippen LogP contribution >= 0.6 is 0 Å². The maximum Gasteiger partial charge on any atom is 0.266 e. The Kier molecular flexibility index (Phi) is 3.34. The summed E-state index contributed by atoms with van der Waals surface area (Å²) in [5.74, 6) is 2.50. The van der Waals surface area contributed by atoms with Gasteiger partial charge in [0, 0.05) is 18.7 Å². The molecule has 106 valence electrons. The van der Waals surface area contributed by atoms with Crippen LogP contribution in [-0.2, 0) is 0 Å². The molecular weight excluding hydrogens is 254 g/mol. The molecule has 0 spiro atoms. The van der Waals surface area contributed by atoms with Gasteiger partial charge < -0.3 is 14.2 Å². The molecule has 1 fully saturated rings. The highest BCUT2D eigenvalue weighted by atomic mass is 16.5. The molecule has 1 aromatic carbocycles. The van der Waals surface area contributed by atoms with Gasteiger partial charge in [-0.2, -0.15) is 4.98 Å². The Morgan fingerprint density at radius 2 is 2.10 bits per heavy atom. The predicted molar refractivity (Wildman–Crippen MR) is 77.2 cm³/mol. The molecule has 5 nitrogen and oxygen atoms in total. The summed E-state index contributed by atoms with van der Waals surface area (Å²) in [7, 11) is 1.68. The van der Waals surface area contributed by atoms with Gasteiger partial charge in [-0.1, -0.05) is 19.9 Å². The van der Waals surface area contributed by atoms with Gasteiger partial charge in [0.25, 0.3) is 11.8 Å². The maximum absolute atomic E-state index is 5.46. The first-order valence-corrected chi connectivity index (χ1v) is 6.96. The third kappa shape index (κ3) is 2.24. The van der Waals surface area contributed by atoms with Gasteiger partial charge in [0.2, 0.25) is 0 Å². The third-order valence-corrected chi connectivity index (χ3v) is 3.66. The van der Waals surface area contributed by atoms with E-state index < -0.39 is 0 Å². The van der Waals surface area contributed by atoms with Gasteiger partial charge in [0.1, 0.15) is 5.75 Å². The number of rotatable bonds is 4. The molecule has 0 amide bonds. The molecule has 0 saturated carbocycles. The van der Waals surface area contributed by atoms with Gasteiger partial charge in [-0.15, -0.1) is 0 Å². The van der Waals surface area contributed by atoms with E-state index in [4.69, 9.17) is 9.26 Å². The zero-order valence-corrected chi connectivity index (χ0v) is 12.1. The molecule has 20 heavy (non-hydrogen) atoms. The van der Waals surface area contributed by atoms with E-state index in [-0.39, 0.29) is 0 Å². The van der Waals surface area contributed by atoms with Crippen LogP contribution in [0.5, 0.6) is 5.75 Å². The Morgan fingerprint density at radius 1 is 1.30 bits per heavy atom. The van der Waals surface area contributed by atoms with Crippen LogP contribution in [0.4, 0.5) is 5.95 Å². The lowest BCUT2D eigenvalue weighted by Crippen LogP contribution is -2.37. The fraction of sp³-hybridized carbons (Fsp3) is 0.467. The molecule has 1 aliphatic heterocycles. The fourth-order valence-corrected chi connectivity index (χ4v) is 2.30.